The lowest BCUT2D eigenvalue weighted by molar-refractivity contribution is -0.140. The van der Waals surface area contributed by atoms with E-state index < -0.39 is 12.0 Å². The minimum atomic E-state index is -0.922. The third kappa shape index (κ3) is 2.17. The molecule has 1 heterocycles. The van der Waals surface area contributed by atoms with Gasteiger partial charge >= 0.3 is 5.97 Å². The first kappa shape index (κ1) is 12.8. The molecule has 0 aliphatic heterocycles. The molecule has 0 saturated heterocycles. The van der Waals surface area contributed by atoms with Crippen molar-refractivity contribution >= 4 is 5.97 Å². The van der Waals surface area contributed by atoms with Crippen molar-refractivity contribution in [3.8, 4) is 0 Å². The summed E-state index contributed by atoms with van der Waals surface area (Å²) < 4.78 is 1.43. The first-order valence-corrected chi connectivity index (χ1v) is 6.74. The van der Waals surface area contributed by atoms with E-state index in [-0.39, 0.29) is 5.92 Å². The number of tetrazole rings is 1. The summed E-state index contributed by atoms with van der Waals surface area (Å²) in [7, 11) is 0. The zero-order chi connectivity index (χ0) is 14.1. The zero-order valence-corrected chi connectivity index (χ0v) is 11.2. The molecular formula is C14H16N4O2. The number of carboxylic acids is 1. The lowest BCUT2D eigenvalue weighted by Gasteiger charge is -2.24. The van der Waals surface area contributed by atoms with Crippen LogP contribution in [-0.4, -0.2) is 31.3 Å². The number of hydrogen-bond acceptors (Lipinski definition) is 4. The lowest BCUT2D eigenvalue weighted by atomic mass is 9.83. The molecular weight excluding hydrogens is 256 g/mol. The number of aliphatic carboxylic acids is 1. The molecule has 0 fully saturated rings. The maximum absolute atomic E-state index is 11.1. The van der Waals surface area contributed by atoms with Crippen LogP contribution < -0.4 is 0 Å². The fourth-order valence-corrected chi connectivity index (χ4v) is 2.77. The molecule has 3 rings (SSSR count). The minimum Gasteiger partial charge on any atom is -0.480 e. The van der Waals surface area contributed by atoms with Crippen LogP contribution in [0.4, 0.5) is 0 Å². The molecule has 1 aliphatic rings. The Kier molecular flexibility index (Phi) is 3.22. The van der Waals surface area contributed by atoms with E-state index in [1.165, 1.54) is 15.8 Å². The number of nitrogens with zero attached hydrogens (tertiary/aromatic N) is 4. The molecule has 6 heteroatoms. The molecule has 2 atom stereocenters. The maximum Gasteiger partial charge on any atom is 0.328 e. The van der Waals surface area contributed by atoms with Crippen molar-refractivity contribution in [2.24, 2.45) is 0 Å². The fraction of sp³-hybridized carbons (Fsp3) is 0.429. The van der Waals surface area contributed by atoms with Crippen LogP contribution in [0.3, 0.4) is 0 Å². The Morgan fingerprint density at radius 1 is 1.40 bits per heavy atom. The first-order valence-electron chi connectivity index (χ1n) is 6.74. The number of carboxylic acid groups (broad SMARTS) is 1. The van der Waals surface area contributed by atoms with Crippen LogP contribution in [0.2, 0.25) is 0 Å². The Labute approximate surface area is 116 Å². The topological polar surface area (TPSA) is 80.9 Å². The average Bonchev–Trinajstić information content (AvgIpc) is 2.95. The smallest absolute Gasteiger partial charge is 0.328 e. The first-order chi connectivity index (χ1) is 9.66. The molecule has 0 spiro atoms. The Morgan fingerprint density at radius 2 is 2.15 bits per heavy atom. The highest BCUT2D eigenvalue weighted by Crippen LogP contribution is 2.31. The van der Waals surface area contributed by atoms with Crippen LogP contribution in [0.25, 0.3) is 0 Å². The minimum absolute atomic E-state index is 0.182. The van der Waals surface area contributed by atoms with E-state index in [2.05, 4.69) is 33.7 Å². The van der Waals surface area contributed by atoms with E-state index in [0.717, 1.165) is 19.3 Å². The van der Waals surface area contributed by atoms with E-state index in [4.69, 9.17) is 5.11 Å². The Morgan fingerprint density at radius 3 is 2.90 bits per heavy atom. The second-order valence-corrected chi connectivity index (χ2v) is 5.20. The monoisotopic (exact) mass is 272 g/mol. The van der Waals surface area contributed by atoms with Gasteiger partial charge in [-0.25, -0.2) is 9.48 Å². The van der Waals surface area contributed by atoms with Gasteiger partial charge in [-0.3, -0.25) is 0 Å². The quantitative estimate of drug-likeness (QED) is 0.917. The molecule has 1 aromatic heterocycles. The van der Waals surface area contributed by atoms with Crippen LogP contribution in [0.5, 0.6) is 0 Å². The van der Waals surface area contributed by atoms with Crippen molar-refractivity contribution in [3.63, 3.8) is 0 Å². The van der Waals surface area contributed by atoms with Crippen molar-refractivity contribution < 1.29 is 9.90 Å². The zero-order valence-electron chi connectivity index (χ0n) is 11.2. The highest BCUT2D eigenvalue weighted by molar-refractivity contribution is 5.71. The normalized spacial score (nSPS) is 19.4. The molecule has 1 N–H and O–H groups in total. The van der Waals surface area contributed by atoms with Gasteiger partial charge in [-0.05, 0) is 47.7 Å². The van der Waals surface area contributed by atoms with E-state index in [0.29, 0.717) is 5.82 Å². The summed E-state index contributed by atoms with van der Waals surface area (Å²) in [6.45, 7) is 1.60. The number of fused-ring (bicyclic) bond motifs is 1. The molecule has 6 nitrogen and oxygen atoms in total. The van der Waals surface area contributed by atoms with Crippen molar-refractivity contribution in [2.75, 3.05) is 0 Å². The van der Waals surface area contributed by atoms with E-state index in [9.17, 15) is 4.79 Å². The average molecular weight is 272 g/mol. The van der Waals surface area contributed by atoms with E-state index in [1.807, 2.05) is 6.07 Å². The Hall–Kier alpha value is -2.24. The van der Waals surface area contributed by atoms with Gasteiger partial charge in [0.1, 0.15) is 6.04 Å². The Balaban J connectivity index is 1.89. The van der Waals surface area contributed by atoms with Crippen LogP contribution in [-0.2, 0) is 17.6 Å². The second-order valence-electron chi connectivity index (χ2n) is 5.20. The molecule has 2 aromatic rings. The number of aromatic nitrogens is 4. The van der Waals surface area contributed by atoms with Gasteiger partial charge in [0.15, 0.2) is 5.82 Å². The maximum atomic E-state index is 11.1. The molecule has 104 valence electrons. The SMILES string of the molecule is CC(C(=O)O)n1nnnc1C1CCc2ccccc2C1. The van der Waals surface area contributed by atoms with E-state index in [1.54, 1.807) is 6.92 Å². The van der Waals surface area contributed by atoms with Crippen molar-refractivity contribution in [1.29, 1.82) is 0 Å². The van der Waals surface area contributed by atoms with Gasteiger partial charge in [0.25, 0.3) is 0 Å². The largest absolute Gasteiger partial charge is 0.480 e. The molecule has 2 unspecified atom stereocenters. The second kappa shape index (κ2) is 5.03. The number of rotatable bonds is 3. The summed E-state index contributed by atoms with van der Waals surface area (Å²) in [6.07, 6.45) is 2.79. The van der Waals surface area contributed by atoms with Crippen molar-refractivity contribution in [3.05, 3.63) is 41.2 Å². The van der Waals surface area contributed by atoms with Crippen LogP contribution in [0.15, 0.2) is 24.3 Å². The summed E-state index contributed by atoms with van der Waals surface area (Å²) in [5.74, 6) is -0.0640. The van der Waals surface area contributed by atoms with Crippen LogP contribution >= 0.6 is 0 Å². The molecule has 1 aromatic carbocycles. The molecule has 20 heavy (non-hydrogen) atoms. The molecule has 0 saturated carbocycles. The highest BCUT2D eigenvalue weighted by Gasteiger charge is 2.28. The van der Waals surface area contributed by atoms with Gasteiger partial charge in [-0.15, -0.1) is 5.10 Å². The number of aryl methyl sites for hydroxylation is 1. The standard InChI is InChI=1S/C14H16N4O2/c1-9(14(19)20)18-13(15-16-17-18)12-7-6-10-4-2-3-5-11(10)8-12/h2-5,9,12H,6-8H2,1H3,(H,19,20). The lowest BCUT2D eigenvalue weighted by Crippen LogP contribution is -2.23. The third-order valence-corrected chi connectivity index (χ3v) is 3.95. The highest BCUT2D eigenvalue weighted by atomic mass is 16.4. The van der Waals surface area contributed by atoms with E-state index >= 15 is 0 Å². The van der Waals surface area contributed by atoms with Crippen molar-refractivity contribution in [2.45, 2.75) is 38.1 Å². The molecule has 0 amide bonds. The molecule has 0 radical (unpaired) electrons. The number of benzene rings is 1. The summed E-state index contributed by atoms with van der Waals surface area (Å²) in [4.78, 5) is 11.1. The van der Waals surface area contributed by atoms with Gasteiger partial charge < -0.3 is 5.11 Å². The van der Waals surface area contributed by atoms with Gasteiger partial charge in [0.2, 0.25) is 0 Å². The molecule has 1 aliphatic carbocycles. The summed E-state index contributed by atoms with van der Waals surface area (Å²) in [6, 6.07) is 7.61. The predicted molar refractivity (Wildman–Crippen MR) is 71.4 cm³/mol. The van der Waals surface area contributed by atoms with Gasteiger partial charge in [0.05, 0.1) is 0 Å². The Bertz CT molecular complexity index is 638. The van der Waals surface area contributed by atoms with Crippen LogP contribution in [0.1, 0.15) is 42.3 Å². The van der Waals surface area contributed by atoms with Gasteiger partial charge in [-0.2, -0.15) is 0 Å². The summed E-state index contributed by atoms with van der Waals surface area (Å²) in [5, 5.41) is 20.7. The fourth-order valence-electron chi connectivity index (χ4n) is 2.77. The number of carbonyl (C=O) groups is 1. The number of hydrogen-bond donors (Lipinski definition) is 1. The summed E-state index contributed by atoms with van der Waals surface area (Å²) >= 11 is 0. The van der Waals surface area contributed by atoms with Gasteiger partial charge in [0, 0.05) is 5.92 Å². The molecule has 0 bridgehead atoms. The predicted octanol–water partition coefficient (Wildman–Crippen LogP) is 1.59. The van der Waals surface area contributed by atoms with Crippen molar-refractivity contribution in [1.82, 2.24) is 20.2 Å². The summed E-state index contributed by atoms with van der Waals surface area (Å²) in [5.41, 5.74) is 2.68. The van der Waals surface area contributed by atoms with Crippen LogP contribution in [0, 0.1) is 0 Å². The third-order valence-electron chi connectivity index (χ3n) is 3.95. The van der Waals surface area contributed by atoms with Gasteiger partial charge in [-0.1, -0.05) is 24.3 Å².